The maximum Gasteiger partial charge on any atom is 0.241 e. The number of likely N-dealkylation sites (tertiary alicyclic amines) is 1. The summed E-state index contributed by atoms with van der Waals surface area (Å²) >= 11 is 0. The average molecular weight is 287 g/mol. The molecule has 3 rings (SSSR count). The quantitative estimate of drug-likeness (QED) is 0.901. The molecule has 4 atom stereocenters. The third-order valence-electron chi connectivity index (χ3n) is 4.85. The summed E-state index contributed by atoms with van der Waals surface area (Å²) < 4.78 is 0. The molecule has 1 aromatic rings. The maximum absolute atomic E-state index is 12.7. The molecule has 1 amide bonds. The lowest BCUT2D eigenvalue weighted by atomic mass is 9.92. The molecule has 0 radical (unpaired) electrons. The molecule has 114 valence electrons. The summed E-state index contributed by atoms with van der Waals surface area (Å²) in [6.45, 7) is 6.36. The number of rotatable bonds is 2. The zero-order chi connectivity index (χ0) is 15.0. The van der Waals surface area contributed by atoms with Crippen LogP contribution in [0.4, 0.5) is 0 Å². The monoisotopic (exact) mass is 287 g/mol. The Morgan fingerprint density at radius 1 is 1.19 bits per heavy atom. The molecule has 4 nitrogen and oxygen atoms in total. The van der Waals surface area contributed by atoms with E-state index in [1.54, 1.807) is 0 Å². The van der Waals surface area contributed by atoms with Crippen molar-refractivity contribution in [3.8, 4) is 0 Å². The Morgan fingerprint density at radius 2 is 1.90 bits per heavy atom. The van der Waals surface area contributed by atoms with Gasteiger partial charge in [0.25, 0.3) is 0 Å². The van der Waals surface area contributed by atoms with Gasteiger partial charge in [-0.3, -0.25) is 10.1 Å². The van der Waals surface area contributed by atoms with Crippen LogP contribution in [0.25, 0.3) is 0 Å². The standard InChI is InChI=1S/C17H25N3O/c1-12-11-19(3)10-9-15(12)20-16(18-13(2)17(20)21)14-7-5-4-6-8-14/h4-8,12-13,15-16,18H,9-11H2,1-3H3. The Labute approximate surface area is 127 Å². The summed E-state index contributed by atoms with van der Waals surface area (Å²) in [5.74, 6) is 0.747. The van der Waals surface area contributed by atoms with Crippen molar-refractivity contribution in [1.82, 2.24) is 15.1 Å². The van der Waals surface area contributed by atoms with E-state index in [0.29, 0.717) is 12.0 Å². The molecule has 0 aromatic heterocycles. The first-order valence-corrected chi connectivity index (χ1v) is 7.89. The van der Waals surface area contributed by atoms with Gasteiger partial charge in [-0.05, 0) is 38.4 Å². The summed E-state index contributed by atoms with van der Waals surface area (Å²) in [6, 6.07) is 10.6. The third kappa shape index (κ3) is 2.70. The van der Waals surface area contributed by atoms with E-state index in [2.05, 4.69) is 41.2 Å². The van der Waals surface area contributed by atoms with Crippen molar-refractivity contribution >= 4 is 5.91 Å². The minimum absolute atomic E-state index is 0.0181. The van der Waals surface area contributed by atoms with Crippen LogP contribution in [-0.2, 0) is 4.79 Å². The summed E-state index contributed by atoms with van der Waals surface area (Å²) in [5, 5.41) is 3.46. The zero-order valence-corrected chi connectivity index (χ0v) is 13.1. The summed E-state index contributed by atoms with van der Waals surface area (Å²) in [5.41, 5.74) is 1.18. The lowest BCUT2D eigenvalue weighted by Crippen LogP contribution is -2.51. The van der Waals surface area contributed by atoms with E-state index < -0.39 is 0 Å². The molecule has 0 saturated carbocycles. The van der Waals surface area contributed by atoms with Gasteiger partial charge < -0.3 is 9.80 Å². The molecule has 2 aliphatic rings. The molecule has 1 N–H and O–H groups in total. The molecule has 1 aromatic carbocycles. The van der Waals surface area contributed by atoms with Crippen LogP contribution in [0.15, 0.2) is 30.3 Å². The Kier molecular flexibility index (Phi) is 4.00. The van der Waals surface area contributed by atoms with Gasteiger partial charge in [-0.25, -0.2) is 0 Å². The second-order valence-corrected chi connectivity index (χ2v) is 6.54. The number of carbonyl (C=O) groups is 1. The van der Waals surface area contributed by atoms with Gasteiger partial charge in [-0.1, -0.05) is 37.3 Å². The number of piperidine rings is 1. The lowest BCUT2D eigenvalue weighted by molar-refractivity contribution is -0.134. The van der Waals surface area contributed by atoms with Crippen molar-refractivity contribution in [2.24, 2.45) is 5.92 Å². The van der Waals surface area contributed by atoms with E-state index >= 15 is 0 Å². The van der Waals surface area contributed by atoms with E-state index in [-0.39, 0.29) is 18.1 Å². The highest BCUT2D eigenvalue weighted by Crippen LogP contribution is 2.33. The molecule has 0 bridgehead atoms. The minimum atomic E-state index is -0.0953. The van der Waals surface area contributed by atoms with Crippen LogP contribution in [0.1, 0.15) is 32.0 Å². The molecule has 0 aliphatic carbocycles. The van der Waals surface area contributed by atoms with Gasteiger partial charge in [0.15, 0.2) is 0 Å². The largest absolute Gasteiger partial charge is 0.318 e. The van der Waals surface area contributed by atoms with Gasteiger partial charge in [0.2, 0.25) is 5.91 Å². The van der Waals surface area contributed by atoms with Crippen LogP contribution in [0.3, 0.4) is 0 Å². The molecule has 2 fully saturated rings. The molecule has 0 spiro atoms. The number of nitrogens with one attached hydrogen (secondary N) is 1. The fourth-order valence-electron chi connectivity index (χ4n) is 3.74. The Morgan fingerprint density at radius 3 is 2.57 bits per heavy atom. The van der Waals surface area contributed by atoms with Crippen molar-refractivity contribution in [1.29, 1.82) is 0 Å². The van der Waals surface area contributed by atoms with Gasteiger partial charge >= 0.3 is 0 Å². The molecule has 2 saturated heterocycles. The summed E-state index contributed by atoms with van der Waals surface area (Å²) in [7, 11) is 2.16. The Hall–Kier alpha value is -1.39. The van der Waals surface area contributed by atoms with Gasteiger partial charge in [-0.15, -0.1) is 0 Å². The fourth-order valence-corrected chi connectivity index (χ4v) is 3.74. The predicted octanol–water partition coefficient (Wildman–Crippen LogP) is 1.85. The van der Waals surface area contributed by atoms with Crippen molar-refractivity contribution in [3.05, 3.63) is 35.9 Å². The van der Waals surface area contributed by atoms with Gasteiger partial charge in [0, 0.05) is 12.6 Å². The van der Waals surface area contributed by atoms with Crippen LogP contribution >= 0.6 is 0 Å². The van der Waals surface area contributed by atoms with Crippen molar-refractivity contribution in [2.75, 3.05) is 20.1 Å². The number of nitrogens with zero attached hydrogens (tertiary/aromatic N) is 2. The summed E-state index contributed by atoms with van der Waals surface area (Å²) in [4.78, 5) is 17.1. The van der Waals surface area contributed by atoms with E-state index in [0.717, 1.165) is 19.5 Å². The minimum Gasteiger partial charge on any atom is -0.318 e. The van der Waals surface area contributed by atoms with Crippen LogP contribution < -0.4 is 5.32 Å². The number of hydrogen-bond acceptors (Lipinski definition) is 3. The SMILES string of the molecule is CC1NC(c2ccccc2)N(C2CCN(C)CC2C)C1=O. The van der Waals surface area contributed by atoms with Gasteiger partial charge in [0.05, 0.1) is 6.04 Å². The van der Waals surface area contributed by atoms with Crippen molar-refractivity contribution < 1.29 is 4.79 Å². The maximum atomic E-state index is 12.7. The van der Waals surface area contributed by atoms with E-state index in [1.807, 2.05) is 25.1 Å². The average Bonchev–Trinajstić information content (AvgIpc) is 2.76. The normalized spacial score (nSPS) is 34.4. The Bertz CT molecular complexity index is 504. The first-order valence-electron chi connectivity index (χ1n) is 7.89. The van der Waals surface area contributed by atoms with E-state index in [9.17, 15) is 4.79 Å². The smallest absolute Gasteiger partial charge is 0.241 e. The van der Waals surface area contributed by atoms with Crippen LogP contribution in [0.2, 0.25) is 0 Å². The zero-order valence-electron chi connectivity index (χ0n) is 13.1. The first-order chi connectivity index (χ1) is 10.1. The second kappa shape index (κ2) is 5.78. The highest BCUT2D eigenvalue weighted by atomic mass is 16.2. The first kappa shape index (κ1) is 14.5. The Balaban J connectivity index is 1.88. The highest BCUT2D eigenvalue weighted by Gasteiger charge is 2.43. The number of benzene rings is 1. The van der Waals surface area contributed by atoms with Crippen molar-refractivity contribution in [3.63, 3.8) is 0 Å². The molecular formula is C17H25N3O. The van der Waals surface area contributed by atoms with E-state index in [4.69, 9.17) is 0 Å². The molecular weight excluding hydrogens is 262 g/mol. The molecule has 2 heterocycles. The number of carbonyl (C=O) groups excluding carboxylic acids is 1. The number of hydrogen-bond donors (Lipinski definition) is 1. The topological polar surface area (TPSA) is 35.6 Å². The number of amides is 1. The second-order valence-electron chi connectivity index (χ2n) is 6.54. The van der Waals surface area contributed by atoms with Crippen LogP contribution in [-0.4, -0.2) is 47.9 Å². The van der Waals surface area contributed by atoms with Gasteiger partial charge in [0.1, 0.15) is 6.17 Å². The highest BCUT2D eigenvalue weighted by molar-refractivity contribution is 5.84. The molecule has 4 unspecified atom stereocenters. The third-order valence-corrected chi connectivity index (χ3v) is 4.85. The van der Waals surface area contributed by atoms with Crippen molar-refractivity contribution in [2.45, 2.75) is 38.5 Å². The molecule has 21 heavy (non-hydrogen) atoms. The van der Waals surface area contributed by atoms with Gasteiger partial charge in [-0.2, -0.15) is 0 Å². The summed E-state index contributed by atoms with van der Waals surface area (Å²) in [6.07, 6.45) is 1.07. The van der Waals surface area contributed by atoms with Crippen LogP contribution in [0, 0.1) is 5.92 Å². The van der Waals surface area contributed by atoms with E-state index in [1.165, 1.54) is 5.56 Å². The van der Waals surface area contributed by atoms with Crippen LogP contribution in [0.5, 0.6) is 0 Å². The molecule has 4 heteroatoms. The molecule has 2 aliphatic heterocycles. The predicted molar refractivity (Wildman–Crippen MR) is 83.7 cm³/mol. The fraction of sp³-hybridized carbons (Fsp3) is 0.588. The lowest BCUT2D eigenvalue weighted by Gasteiger charge is -2.42.